The zero-order valence-electron chi connectivity index (χ0n) is 17.3. The number of nitrogens with two attached hydrogens (primary N) is 1. The number of pyridine rings is 1. The summed E-state index contributed by atoms with van der Waals surface area (Å²) in [6.07, 6.45) is 2.86. The summed E-state index contributed by atoms with van der Waals surface area (Å²) in [5.74, 6) is -1.95. The lowest BCUT2D eigenvalue weighted by Gasteiger charge is -2.30. The highest BCUT2D eigenvalue weighted by atomic mass is 19.1. The number of carbonyl (C=O) groups is 1. The van der Waals surface area contributed by atoms with Gasteiger partial charge in [-0.2, -0.15) is 9.65 Å². The maximum absolute atomic E-state index is 15.6. The van der Waals surface area contributed by atoms with Crippen LogP contribution in [0.2, 0.25) is 0 Å². The minimum Gasteiger partial charge on any atom is -0.481 e. The number of rotatable bonds is 4. The van der Waals surface area contributed by atoms with Crippen LogP contribution in [0.5, 0.6) is 5.88 Å². The Hall–Kier alpha value is -3.84. The second-order valence-electron chi connectivity index (χ2n) is 7.43. The van der Waals surface area contributed by atoms with E-state index in [2.05, 4.69) is 9.97 Å². The highest BCUT2D eigenvalue weighted by Gasteiger charge is 2.30. The molecule has 0 aliphatic carbocycles. The number of aromatic nitrogens is 3. The number of ether oxygens (including phenoxy) is 1. The normalized spacial score (nSPS) is 16.0. The molecule has 1 aliphatic heterocycles. The smallest absolute Gasteiger partial charge is 0.277 e. The molecule has 10 heteroatoms. The first-order chi connectivity index (χ1) is 15.4. The number of imidazole rings is 1. The van der Waals surface area contributed by atoms with Crippen LogP contribution in [0.25, 0.3) is 17.1 Å². The van der Waals surface area contributed by atoms with Crippen molar-refractivity contribution in [1.82, 2.24) is 19.4 Å². The van der Waals surface area contributed by atoms with Crippen LogP contribution in [-0.4, -0.2) is 51.6 Å². The molecule has 0 bridgehead atoms. The van der Waals surface area contributed by atoms with Gasteiger partial charge in [-0.1, -0.05) is 0 Å². The molecule has 8 nitrogen and oxygen atoms in total. The molecule has 1 amide bonds. The lowest BCUT2D eigenvalue weighted by Crippen LogP contribution is -2.46. The second kappa shape index (κ2) is 8.72. The third-order valence-corrected chi connectivity index (χ3v) is 5.30. The van der Waals surface area contributed by atoms with Gasteiger partial charge in [0.2, 0.25) is 11.8 Å². The Bertz CT molecular complexity index is 1200. The van der Waals surface area contributed by atoms with Gasteiger partial charge < -0.3 is 15.4 Å². The van der Waals surface area contributed by atoms with Crippen molar-refractivity contribution in [2.75, 3.05) is 20.2 Å². The average Bonchev–Trinajstić information content (AvgIpc) is 3.15. The number of halogens is 2. The number of benzene rings is 1. The Morgan fingerprint density at radius 2 is 2.12 bits per heavy atom. The lowest BCUT2D eigenvalue weighted by atomic mass is 10.1. The van der Waals surface area contributed by atoms with E-state index in [0.29, 0.717) is 25.4 Å². The molecule has 0 saturated carbocycles. The standard InChI is InChI=1S/C22H20F2N6O2/c1-32-18-7-6-16(11-27-18)30-20(24)19(22(31)29-8-2-3-15(26)12-29)28-21(30)13-4-5-14(10-25)17(23)9-13/h4-7,9,11,15H,2-3,8,12,26H2,1H3/t15-/m1/s1. The highest BCUT2D eigenvalue weighted by Crippen LogP contribution is 2.28. The number of nitriles is 1. The topological polar surface area (TPSA) is 110 Å². The minimum absolute atomic E-state index is 0.00233. The molecular formula is C22H20F2N6O2. The molecule has 32 heavy (non-hydrogen) atoms. The van der Waals surface area contributed by atoms with Crippen LogP contribution in [0.1, 0.15) is 28.9 Å². The van der Waals surface area contributed by atoms with E-state index in [1.165, 1.54) is 36.4 Å². The van der Waals surface area contributed by atoms with E-state index >= 15 is 4.39 Å². The molecule has 2 N–H and O–H groups in total. The van der Waals surface area contributed by atoms with Crippen LogP contribution >= 0.6 is 0 Å². The molecule has 1 atom stereocenters. The highest BCUT2D eigenvalue weighted by molar-refractivity contribution is 5.93. The van der Waals surface area contributed by atoms with Crippen molar-refractivity contribution in [2.24, 2.45) is 5.73 Å². The largest absolute Gasteiger partial charge is 0.481 e. The van der Waals surface area contributed by atoms with Crippen molar-refractivity contribution < 1.29 is 18.3 Å². The third kappa shape index (κ3) is 3.90. The van der Waals surface area contributed by atoms with Gasteiger partial charge in [0.15, 0.2) is 5.69 Å². The predicted molar refractivity (Wildman–Crippen MR) is 111 cm³/mol. The maximum atomic E-state index is 15.6. The molecule has 164 valence electrons. The van der Waals surface area contributed by atoms with Crippen molar-refractivity contribution >= 4 is 5.91 Å². The molecule has 1 saturated heterocycles. The Balaban J connectivity index is 1.85. The van der Waals surface area contributed by atoms with Crippen LogP contribution in [0, 0.1) is 23.1 Å². The number of nitrogens with zero attached hydrogens (tertiary/aromatic N) is 5. The first kappa shape index (κ1) is 21.4. The number of hydrogen-bond acceptors (Lipinski definition) is 6. The molecule has 0 radical (unpaired) electrons. The number of methoxy groups -OCH3 is 1. The third-order valence-electron chi connectivity index (χ3n) is 5.30. The molecular weight excluding hydrogens is 418 g/mol. The fourth-order valence-electron chi connectivity index (χ4n) is 3.68. The minimum atomic E-state index is -0.902. The number of likely N-dealkylation sites (tertiary alicyclic amines) is 1. The zero-order valence-corrected chi connectivity index (χ0v) is 17.3. The van der Waals surface area contributed by atoms with Crippen molar-refractivity contribution in [2.45, 2.75) is 18.9 Å². The summed E-state index contributed by atoms with van der Waals surface area (Å²) >= 11 is 0. The number of amides is 1. The summed E-state index contributed by atoms with van der Waals surface area (Å²) < 4.78 is 36.0. The molecule has 2 aromatic heterocycles. The fraction of sp³-hybridized carbons (Fsp3) is 0.273. The van der Waals surface area contributed by atoms with Crippen molar-refractivity contribution in [3.05, 3.63) is 59.6 Å². The summed E-state index contributed by atoms with van der Waals surface area (Å²) in [4.78, 5) is 22.9. The van der Waals surface area contributed by atoms with E-state index in [-0.39, 0.29) is 28.7 Å². The van der Waals surface area contributed by atoms with Gasteiger partial charge in [-0.3, -0.25) is 9.36 Å². The Morgan fingerprint density at radius 3 is 2.75 bits per heavy atom. The number of hydrogen-bond donors (Lipinski definition) is 1. The summed E-state index contributed by atoms with van der Waals surface area (Å²) in [5.41, 5.74) is 5.89. The zero-order chi connectivity index (χ0) is 22.8. The van der Waals surface area contributed by atoms with Gasteiger partial charge in [-0.05, 0) is 37.1 Å². The summed E-state index contributed by atoms with van der Waals surface area (Å²) in [6.45, 7) is 0.750. The monoisotopic (exact) mass is 438 g/mol. The molecule has 3 heterocycles. The van der Waals surface area contributed by atoms with Crippen LogP contribution in [0.15, 0.2) is 36.5 Å². The molecule has 3 aromatic rings. The first-order valence-electron chi connectivity index (χ1n) is 9.96. The number of carbonyl (C=O) groups excluding carboxylic acids is 1. The van der Waals surface area contributed by atoms with Crippen LogP contribution in [0.3, 0.4) is 0 Å². The van der Waals surface area contributed by atoms with Gasteiger partial charge in [0.25, 0.3) is 5.91 Å². The average molecular weight is 438 g/mol. The van der Waals surface area contributed by atoms with Crippen LogP contribution < -0.4 is 10.5 Å². The van der Waals surface area contributed by atoms with Gasteiger partial charge >= 0.3 is 0 Å². The quantitative estimate of drug-likeness (QED) is 0.671. The van der Waals surface area contributed by atoms with Crippen molar-refractivity contribution in [3.8, 4) is 29.0 Å². The number of piperidine rings is 1. The van der Waals surface area contributed by atoms with Gasteiger partial charge in [-0.15, -0.1) is 0 Å². The SMILES string of the molecule is COc1ccc(-n2c(-c3ccc(C#N)c(F)c3)nc(C(=O)N3CCC[C@@H](N)C3)c2F)cn1. The summed E-state index contributed by atoms with van der Waals surface area (Å²) in [5, 5.41) is 9.00. The van der Waals surface area contributed by atoms with Gasteiger partial charge in [0.1, 0.15) is 17.7 Å². The molecule has 0 spiro atoms. The lowest BCUT2D eigenvalue weighted by molar-refractivity contribution is 0.0698. The predicted octanol–water partition coefficient (Wildman–Crippen LogP) is 2.66. The molecule has 1 aliphatic rings. The summed E-state index contributed by atoms with van der Waals surface area (Å²) in [6, 6.07) is 8.44. The summed E-state index contributed by atoms with van der Waals surface area (Å²) in [7, 11) is 1.45. The van der Waals surface area contributed by atoms with Gasteiger partial charge in [0, 0.05) is 30.8 Å². The first-order valence-corrected chi connectivity index (χ1v) is 9.96. The van der Waals surface area contributed by atoms with Gasteiger partial charge in [0.05, 0.1) is 24.6 Å². The Labute approximate surface area is 182 Å². The van der Waals surface area contributed by atoms with E-state index in [9.17, 15) is 9.18 Å². The fourth-order valence-corrected chi connectivity index (χ4v) is 3.68. The van der Waals surface area contributed by atoms with Crippen molar-refractivity contribution in [3.63, 3.8) is 0 Å². The molecule has 1 aromatic carbocycles. The Kier molecular flexibility index (Phi) is 5.83. The molecule has 1 fully saturated rings. The van der Waals surface area contributed by atoms with Crippen molar-refractivity contribution in [1.29, 1.82) is 5.26 Å². The van der Waals surface area contributed by atoms with E-state index in [0.717, 1.165) is 17.1 Å². The van der Waals surface area contributed by atoms with Crippen LogP contribution in [-0.2, 0) is 0 Å². The second-order valence-corrected chi connectivity index (χ2v) is 7.43. The maximum Gasteiger partial charge on any atom is 0.277 e. The van der Waals surface area contributed by atoms with E-state index < -0.39 is 23.4 Å². The Morgan fingerprint density at radius 1 is 1.31 bits per heavy atom. The van der Waals surface area contributed by atoms with E-state index in [4.69, 9.17) is 15.7 Å². The molecule has 4 rings (SSSR count). The van der Waals surface area contributed by atoms with E-state index in [1.807, 2.05) is 0 Å². The van der Waals surface area contributed by atoms with Gasteiger partial charge in [-0.25, -0.2) is 14.4 Å². The van der Waals surface area contributed by atoms with E-state index in [1.54, 1.807) is 12.1 Å². The molecule has 0 unspecified atom stereocenters. The van der Waals surface area contributed by atoms with Crippen LogP contribution in [0.4, 0.5) is 8.78 Å².